The van der Waals surface area contributed by atoms with E-state index in [0.29, 0.717) is 16.8 Å². The van der Waals surface area contributed by atoms with Crippen LogP contribution in [0.3, 0.4) is 0 Å². The summed E-state index contributed by atoms with van der Waals surface area (Å²) in [6.07, 6.45) is 0. The van der Waals surface area contributed by atoms with E-state index in [9.17, 15) is 5.11 Å². The summed E-state index contributed by atoms with van der Waals surface area (Å²) in [4.78, 5) is 0. The topological polar surface area (TPSA) is 41.5 Å². The molecule has 0 aliphatic heterocycles. The lowest BCUT2D eigenvalue weighted by molar-refractivity contribution is 0.317. The SMILES string of the molecule is CCOc1cc(CNC)cc(Br)c1O. The van der Waals surface area contributed by atoms with Crippen LogP contribution in [0.1, 0.15) is 12.5 Å². The van der Waals surface area contributed by atoms with E-state index in [1.807, 2.05) is 26.1 Å². The standard InChI is InChI=1S/C10H14BrNO2/c1-3-14-9-5-7(6-12-2)4-8(11)10(9)13/h4-5,12-13H,3,6H2,1-2H3. The minimum absolute atomic E-state index is 0.159. The van der Waals surface area contributed by atoms with E-state index in [4.69, 9.17) is 4.74 Å². The number of nitrogens with one attached hydrogen (secondary N) is 1. The monoisotopic (exact) mass is 259 g/mol. The highest BCUT2D eigenvalue weighted by Gasteiger charge is 2.08. The number of aromatic hydroxyl groups is 1. The van der Waals surface area contributed by atoms with Crippen LogP contribution in [0.4, 0.5) is 0 Å². The lowest BCUT2D eigenvalue weighted by atomic mass is 10.2. The molecule has 0 saturated heterocycles. The normalized spacial score (nSPS) is 10.2. The first-order valence-corrected chi connectivity index (χ1v) is 5.27. The van der Waals surface area contributed by atoms with Crippen molar-refractivity contribution in [3.63, 3.8) is 0 Å². The van der Waals surface area contributed by atoms with Crippen molar-refractivity contribution >= 4 is 15.9 Å². The van der Waals surface area contributed by atoms with Gasteiger partial charge < -0.3 is 15.2 Å². The van der Waals surface area contributed by atoms with Crippen molar-refractivity contribution in [1.82, 2.24) is 5.32 Å². The van der Waals surface area contributed by atoms with Gasteiger partial charge in [-0.25, -0.2) is 0 Å². The molecule has 0 radical (unpaired) electrons. The Labute approximate surface area is 92.2 Å². The molecule has 78 valence electrons. The van der Waals surface area contributed by atoms with Crippen molar-refractivity contribution in [2.45, 2.75) is 13.5 Å². The second-order valence-electron chi connectivity index (χ2n) is 2.89. The van der Waals surface area contributed by atoms with E-state index < -0.39 is 0 Å². The third-order valence-electron chi connectivity index (χ3n) is 1.77. The number of hydrogen-bond donors (Lipinski definition) is 2. The zero-order valence-corrected chi connectivity index (χ0v) is 9.89. The number of phenols is 1. The molecule has 0 unspecified atom stereocenters. The highest BCUT2D eigenvalue weighted by atomic mass is 79.9. The molecule has 0 atom stereocenters. The Kier molecular flexibility index (Phi) is 4.22. The predicted octanol–water partition coefficient (Wildman–Crippen LogP) is 2.27. The van der Waals surface area contributed by atoms with Crippen LogP contribution in [-0.2, 0) is 6.54 Å². The zero-order chi connectivity index (χ0) is 10.6. The summed E-state index contributed by atoms with van der Waals surface area (Å²) in [6, 6.07) is 3.70. The van der Waals surface area contributed by atoms with E-state index in [1.165, 1.54) is 0 Å². The van der Waals surface area contributed by atoms with E-state index >= 15 is 0 Å². The largest absolute Gasteiger partial charge is 0.503 e. The predicted molar refractivity (Wildman–Crippen MR) is 59.7 cm³/mol. The fourth-order valence-electron chi connectivity index (χ4n) is 1.20. The van der Waals surface area contributed by atoms with Crippen molar-refractivity contribution in [2.75, 3.05) is 13.7 Å². The number of ether oxygens (including phenoxy) is 1. The number of hydrogen-bond acceptors (Lipinski definition) is 3. The molecule has 0 fully saturated rings. The average molecular weight is 260 g/mol. The number of benzene rings is 1. The molecule has 0 spiro atoms. The van der Waals surface area contributed by atoms with Crippen molar-refractivity contribution in [2.24, 2.45) is 0 Å². The lowest BCUT2D eigenvalue weighted by Gasteiger charge is -2.09. The van der Waals surface area contributed by atoms with Crippen LogP contribution in [-0.4, -0.2) is 18.8 Å². The highest BCUT2D eigenvalue weighted by Crippen LogP contribution is 2.35. The summed E-state index contributed by atoms with van der Waals surface area (Å²) in [5, 5.41) is 12.7. The molecular weight excluding hydrogens is 246 g/mol. The Morgan fingerprint density at radius 3 is 2.79 bits per heavy atom. The average Bonchev–Trinajstić information content (AvgIpc) is 2.14. The van der Waals surface area contributed by atoms with Gasteiger partial charge in [0.2, 0.25) is 0 Å². The number of halogens is 1. The van der Waals surface area contributed by atoms with E-state index in [-0.39, 0.29) is 5.75 Å². The molecule has 3 nitrogen and oxygen atoms in total. The minimum Gasteiger partial charge on any atom is -0.503 e. The maximum atomic E-state index is 9.63. The van der Waals surface area contributed by atoms with Gasteiger partial charge in [-0.1, -0.05) is 0 Å². The molecule has 0 saturated carbocycles. The Balaban J connectivity index is 3.01. The summed E-state index contributed by atoms with van der Waals surface area (Å²) in [5.74, 6) is 0.679. The maximum Gasteiger partial charge on any atom is 0.172 e. The van der Waals surface area contributed by atoms with Gasteiger partial charge in [0.05, 0.1) is 11.1 Å². The van der Waals surface area contributed by atoms with Gasteiger partial charge in [-0.15, -0.1) is 0 Å². The van der Waals surface area contributed by atoms with Gasteiger partial charge >= 0.3 is 0 Å². The molecule has 0 aliphatic rings. The van der Waals surface area contributed by atoms with Crippen LogP contribution in [0.25, 0.3) is 0 Å². The summed E-state index contributed by atoms with van der Waals surface area (Å²) in [5.41, 5.74) is 1.07. The van der Waals surface area contributed by atoms with Crippen LogP contribution in [0.2, 0.25) is 0 Å². The van der Waals surface area contributed by atoms with Gasteiger partial charge in [0.1, 0.15) is 0 Å². The minimum atomic E-state index is 0.159. The molecule has 1 aromatic carbocycles. The van der Waals surface area contributed by atoms with Gasteiger partial charge in [0, 0.05) is 6.54 Å². The van der Waals surface area contributed by atoms with Crippen LogP contribution in [0.5, 0.6) is 11.5 Å². The smallest absolute Gasteiger partial charge is 0.172 e. The molecule has 0 heterocycles. The third-order valence-corrected chi connectivity index (χ3v) is 2.37. The van der Waals surface area contributed by atoms with E-state index in [0.717, 1.165) is 12.1 Å². The molecule has 0 amide bonds. The van der Waals surface area contributed by atoms with Crippen molar-refractivity contribution in [3.05, 3.63) is 22.2 Å². The molecule has 2 N–H and O–H groups in total. The first-order chi connectivity index (χ1) is 6.69. The highest BCUT2D eigenvalue weighted by molar-refractivity contribution is 9.10. The Bertz CT molecular complexity index is 315. The Morgan fingerprint density at radius 1 is 1.50 bits per heavy atom. The Hall–Kier alpha value is -0.740. The molecule has 0 aromatic heterocycles. The van der Waals surface area contributed by atoms with Crippen LogP contribution >= 0.6 is 15.9 Å². The fourth-order valence-corrected chi connectivity index (χ4v) is 1.69. The molecule has 0 aliphatic carbocycles. The maximum absolute atomic E-state index is 9.63. The molecule has 1 aromatic rings. The van der Waals surface area contributed by atoms with Crippen LogP contribution in [0.15, 0.2) is 16.6 Å². The van der Waals surface area contributed by atoms with Gasteiger partial charge in [-0.2, -0.15) is 0 Å². The Morgan fingerprint density at radius 2 is 2.21 bits per heavy atom. The van der Waals surface area contributed by atoms with Gasteiger partial charge in [0.15, 0.2) is 11.5 Å². The van der Waals surface area contributed by atoms with Crippen molar-refractivity contribution < 1.29 is 9.84 Å². The number of phenolic OH excluding ortho intramolecular Hbond substituents is 1. The van der Waals surface area contributed by atoms with E-state index in [1.54, 1.807) is 0 Å². The second kappa shape index (κ2) is 5.22. The summed E-state index contributed by atoms with van der Waals surface area (Å²) < 4.78 is 5.96. The molecular formula is C10H14BrNO2. The quantitative estimate of drug-likeness (QED) is 0.872. The summed E-state index contributed by atoms with van der Waals surface area (Å²) in [7, 11) is 1.88. The van der Waals surface area contributed by atoms with Gasteiger partial charge in [-0.05, 0) is 47.6 Å². The summed E-state index contributed by atoms with van der Waals surface area (Å²) >= 11 is 3.28. The lowest BCUT2D eigenvalue weighted by Crippen LogP contribution is -2.05. The third kappa shape index (κ3) is 2.62. The number of rotatable bonds is 4. The first kappa shape index (κ1) is 11.3. The molecule has 1 rings (SSSR count). The van der Waals surface area contributed by atoms with Crippen molar-refractivity contribution in [3.8, 4) is 11.5 Å². The first-order valence-electron chi connectivity index (χ1n) is 4.47. The van der Waals surface area contributed by atoms with Crippen LogP contribution in [0, 0.1) is 0 Å². The summed E-state index contributed by atoms with van der Waals surface area (Å²) in [6.45, 7) is 3.18. The van der Waals surface area contributed by atoms with Gasteiger partial charge in [0.25, 0.3) is 0 Å². The molecule has 0 bridgehead atoms. The molecule has 4 heteroatoms. The fraction of sp³-hybridized carbons (Fsp3) is 0.400. The van der Waals surface area contributed by atoms with E-state index in [2.05, 4.69) is 21.2 Å². The van der Waals surface area contributed by atoms with Crippen LogP contribution < -0.4 is 10.1 Å². The van der Waals surface area contributed by atoms with Crippen molar-refractivity contribution in [1.29, 1.82) is 0 Å². The molecule has 14 heavy (non-hydrogen) atoms. The van der Waals surface area contributed by atoms with Gasteiger partial charge in [-0.3, -0.25) is 0 Å². The second-order valence-corrected chi connectivity index (χ2v) is 3.74. The zero-order valence-electron chi connectivity index (χ0n) is 8.30.